The molecule has 3 rings (SSSR count). The van der Waals surface area contributed by atoms with Gasteiger partial charge in [0.25, 0.3) is 11.8 Å². The average Bonchev–Trinajstić information content (AvgIpc) is 2.77. The number of hydrogen-bond acceptors (Lipinski definition) is 3. The highest BCUT2D eigenvalue weighted by Gasteiger charge is 2.43. The molecule has 116 valence electrons. The molecule has 0 N–H and O–H groups in total. The predicted octanol–water partition coefficient (Wildman–Crippen LogP) is 3.32. The molecule has 2 amide bonds. The van der Waals surface area contributed by atoms with Crippen LogP contribution < -0.4 is 4.90 Å². The van der Waals surface area contributed by atoms with Gasteiger partial charge in [-0.25, -0.2) is 4.90 Å². The average molecular weight is 319 g/mol. The van der Waals surface area contributed by atoms with Gasteiger partial charge in [0.1, 0.15) is 0 Å². The first-order valence-electron chi connectivity index (χ1n) is 6.49. The lowest BCUT2D eigenvalue weighted by Gasteiger charge is -2.21. The van der Waals surface area contributed by atoms with Crippen LogP contribution in [0.4, 0.5) is 18.9 Å². The summed E-state index contributed by atoms with van der Waals surface area (Å²) in [6.45, 7) is 0. The zero-order chi connectivity index (χ0) is 16.8. The van der Waals surface area contributed by atoms with E-state index in [1.807, 2.05) is 0 Å². The number of aldehydes is 1. The molecule has 0 aromatic heterocycles. The van der Waals surface area contributed by atoms with Crippen molar-refractivity contribution >= 4 is 23.8 Å². The van der Waals surface area contributed by atoms with E-state index in [1.54, 1.807) is 0 Å². The fraction of sp³-hybridized carbons (Fsp3) is 0.0625. The minimum Gasteiger partial charge on any atom is -0.298 e. The Balaban J connectivity index is 2.27. The topological polar surface area (TPSA) is 54.5 Å². The van der Waals surface area contributed by atoms with Crippen LogP contribution >= 0.6 is 0 Å². The Kier molecular flexibility index (Phi) is 3.28. The third-order valence-electron chi connectivity index (χ3n) is 3.52. The van der Waals surface area contributed by atoms with Crippen molar-refractivity contribution in [2.45, 2.75) is 6.18 Å². The molecule has 0 aliphatic carbocycles. The van der Waals surface area contributed by atoms with Crippen molar-refractivity contribution in [2.75, 3.05) is 4.90 Å². The van der Waals surface area contributed by atoms with Crippen molar-refractivity contribution in [3.05, 3.63) is 64.7 Å². The third-order valence-corrected chi connectivity index (χ3v) is 3.52. The Bertz CT molecular complexity index is 808. The number of imide groups is 1. The summed E-state index contributed by atoms with van der Waals surface area (Å²) in [7, 11) is 0. The maximum Gasteiger partial charge on any atom is 0.418 e. The molecule has 1 heterocycles. The summed E-state index contributed by atoms with van der Waals surface area (Å²) in [5, 5.41) is 0. The molecule has 0 bridgehead atoms. The number of alkyl halides is 3. The number of fused-ring (bicyclic) bond motifs is 1. The molecular formula is C16H8F3NO3. The molecule has 0 fully saturated rings. The number of carbonyl (C=O) groups excluding carboxylic acids is 3. The molecule has 1 aliphatic rings. The highest BCUT2D eigenvalue weighted by molar-refractivity contribution is 6.35. The third kappa shape index (κ3) is 2.21. The molecule has 0 atom stereocenters. The second-order valence-electron chi connectivity index (χ2n) is 4.85. The number of amides is 2. The number of hydrogen-bond donors (Lipinski definition) is 0. The van der Waals surface area contributed by atoms with Crippen LogP contribution in [0.15, 0.2) is 42.5 Å². The van der Waals surface area contributed by atoms with Gasteiger partial charge < -0.3 is 0 Å². The van der Waals surface area contributed by atoms with Crippen LogP contribution in [-0.4, -0.2) is 18.1 Å². The maximum atomic E-state index is 13.2. The van der Waals surface area contributed by atoms with Crippen LogP contribution in [0.25, 0.3) is 0 Å². The first-order chi connectivity index (χ1) is 10.9. The summed E-state index contributed by atoms with van der Waals surface area (Å²) in [5.41, 5.74) is -2.32. The zero-order valence-electron chi connectivity index (χ0n) is 11.4. The molecule has 7 heteroatoms. The Morgan fingerprint density at radius 1 is 0.870 bits per heavy atom. The SMILES string of the molecule is O=Cc1cccc(C(F)(F)F)c1N1C(=O)c2ccccc2C1=O. The number of nitrogens with zero attached hydrogens (tertiary/aromatic N) is 1. The fourth-order valence-corrected chi connectivity index (χ4v) is 2.53. The van der Waals surface area contributed by atoms with Gasteiger partial charge >= 0.3 is 6.18 Å². The van der Waals surface area contributed by atoms with Gasteiger partial charge in [-0.2, -0.15) is 13.2 Å². The van der Waals surface area contributed by atoms with Crippen molar-refractivity contribution in [1.82, 2.24) is 0 Å². The minimum absolute atomic E-state index is 0.00586. The largest absolute Gasteiger partial charge is 0.418 e. The van der Waals surface area contributed by atoms with Gasteiger partial charge in [0, 0.05) is 5.56 Å². The van der Waals surface area contributed by atoms with Crippen LogP contribution in [0.2, 0.25) is 0 Å². The van der Waals surface area contributed by atoms with Crippen LogP contribution in [0.3, 0.4) is 0 Å². The van der Waals surface area contributed by atoms with E-state index in [1.165, 1.54) is 24.3 Å². The smallest absolute Gasteiger partial charge is 0.298 e. The van der Waals surface area contributed by atoms with E-state index < -0.39 is 29.2 Å². The van der Waals surface area contributed by atoms with Crippen LogP contribution in [0, 0.1) is 0 Å². The number of anilines is 1. The van der Waals surface area contributed by atoms with Crippen LogP contribution in [0.1, 0.15) is 36.6 Å². The van der Waals surface area contributed by atoms with E-state index in [-0.39, 0.29) is 23.0 Å². The number of para-hydroxylation sites is 1. The lowest BCUT2D eigenvalue weighted by Crippen LogP contribution is -2.32. The van der Waals surface area contributed by atoms with E-state index in [2.05, 4.69) is 0 Å². The summed E-state index contributed by atoms with van der Waals surface area (Å²) in [4.78, 5) is 36.3. The minimum atomic E-state index is -4.82. The standard InChI is InChI=1S/C16H8F3NO3/c17-16(18,19)12-7-3-4-9(8-21)13(12)20-14(22)10-5-1-2-6-11(10)15(20)23/h1-8H. The molecular weight excluding hydrogens is 311 g/mol. The fourth-order valence-electron chi connectivity index (χ4n) is 2.53. The van der Waals surface area contributed by atoms with Gasteiger partial charge in [0.2, 0.25) is 0 Å². The normalized spacial score (nSPS) is 14.1. The zero-order valence-corrected chi connectivity index (χ0v) is 11.4. The van der Waals surface area contributed by atoms with E-state index in [4.69, 9.17) is 0 Å². The molecule has 0 saturated heterocycles. The Morgan fingerprint density at radius 3 is 1.91 bits per heavy atom. The van der Waals surface area contributed by atoms with E-state index in [0.29, 0.717) is 4.90 Å². The number of halogens is 3. The van der Waals surface area contributed by atoms with Gasteiger partial charge in [0.15, 0.2) is 6.29 Å². The molecule has 0 spiro atoms. The summed E-state index contributed by atoms with van der Waals surface area (Å²) < 4.78 is 39.7. The van der Waals surface area contributed by atoms with Gasteiger partial charge in [-0.1, -0.05) is 18.2 Å². The van der Waals surface area contributed by atoms with E-state index >= 15 is 0 Å². The summed E-state index contributed by atoms with van der Waals surface area (Å²) in [6, 6.07) is 8.62. The monoisotopic (exact) mass is 319 g/mol. The number of benzene rings is 2. The molecule has 0 saturated carbocycles. The predicted molar refractivity (Wildman–Crippen MR) is 74.4 cm³/mol. The van der Waals surface area contributed by atoms with Crippen molar-refractivity contribution < 1.29 is 27.6 Å². The van der Waals surface area contributed by atoms with E-state index in [0.717, 1.165) is 18.2 Å². The van der Waals surface area contributed by atoms with Crippen LogP contribution in [0.5, 0.6) is 0 Å². The second-order valence-corrected chi connectivity index (χ2v) is 4.85. The highest BCUT2D eigenvalue weighted by Crippen LogP contribution is 2.41. The summed E-state index contributed by atoms with van der Waals surface area (Å²) in [5.74, 6) is -1.77. The molecule has 1 aliphatic heterocycles. The molecule has 0 radical (unpaired) electrons. The van der Waals surface area contributed by atoms with Crippen molar-refractivity contribution in [1.29, 1.82) is 0 Å². The van der Waals surface area contributed by atoms with Gasteiger partial charge in [-0.15, -0.1) is 0 Å². The molecule has 2 aromatic carbocycles. The van der Waals surface area contributed by atoms with Gasteiger partial charge in [-0.3, -0.25) is 14.4 Å². The summed E-state index contributed by atoms with van der Waals surface area (Å²) in [6.07, 6.45) is -4.63. The molecule has 2 aromatic rings. The quantitative estimate of drug-likeness (QED) is 0.630. The lowest BCUT2D eigenvalue weighted by molar-refractivity contribution is -0.137. The Hall–Kier alpha value is -2.96. The molecule has 0 unspecified atom stereocenters. The van der Waals surface area contributed by atoms with Gasteiger partial charge in [-0.05, 0) is 24.3 Å². The first kappa shape index (κ1) is 15.0. The highest BCUT2D eigenvalue weighted by atomic mass is 19.4. The maximum absolute atomic E-state index is 13.2. The lowest BCUT2D eigenvalue weighted by atomic mass is 10.1. The van der Waals surface area contributed by atoms with Gasteiger partial charge in [0.05, 0.1) is 22.4 Å². The second kappa shape index (κ2) is 5.05. The van der Waals surface area contributed by atoms with Crippen LogP contribution in [-0.2, 0) is 6.18 Å². The first-order valence-corrected chi connectivity index (χ1v) is 6.49. The van der Waals surface area contributed by atoms with Crippen molar-refractivity contribution in [3.63, 3.8) is 0 Å². The Morgan fingerprint density at radius 2 is 1.43 bits per heavy atom. The molecule has 23 heavy (non-hydrogen) atoms. The van der Waals surface area contributed by atoms with Crippen molar-refractivity contribution in [3.8, 4) is 0 Å². The Labute approximate surface area is 128 Å². The van der Waals surface area contributed by atoms with E-state index in [9.17, 15) is 27.6 Å². The summed E-state index contributed by atoms with van der Waals surface area (Å²) >= 11 is 0. The molecule has 4 nitrogen and oxygen atoms in total. The number of carbonyl (C=O) groups is 3. The number of rotatable bonds is 2. The van der Waals surface area contributed by atoms with Crippen molar-refractivity contribution in [2.24, 2.45) is 0 Å².